The Bertz CT molecular complexity index is 544. The van der Waals surface area contributed by atoms with Crippen molar-refractivity contribution in [1.82, 2.24) is 10.2 Å². The molecule has 0 aliphatic rings. The van der Waals surface area contributed by atoms with E-state index in [0.29, 0.717) is 17.9 Å². The molecule has 0 aliphatic heterocycles. The van der Waals surface area contributed by atoms with Gasteiger partial charge in [0, 0.05) is 6.04 Å². The van der Waals surface area contributed by atoms with E-state index in [1.165, 1.54) is 0 Å². The van der Waals surface area contributed by atoms with Gasteiger partial charge in [0.1, 0.15) is 0 Å². The van der Waals surface area contributed by atoms with Gasteiger partial charge in [-0.15, -0.1) is 0 Å². The van der Waals surface area contributed by atoms with Crippen LogP contribution in [-0.2, 0) is 4.74 Å². The molecule has 1 aromatic carbocycles. The Hall–Kier alpha value is -2.08. The highest BCUT2D eigenvalue weighted by molar-refractivity contribution is 6.00. The molecular formula is C19H31N3O3. The van der Waals surface area contributed by atoms with Crippen molar-refractivity contribution < 1.29 is 14.3 Å². The van der Waals surface area contributed by atoms with Crippen LogP contribution in [0.25, 0.3) is 0 Å². The lowest BCUT2D eigenvalue weighted by Crippen LogP contribution is -2.37. The standard InChI is InChI=1S/C19H31N3O3/c1-5-22(6-2)14-10-11-15(4)20-19(24)21-17-13-9-8-12-16(17)18(23)25-7-3/h8-9,12-13,15H,5-7,10-11,14H2,1-4H3,(H2,20,21,24). The molecule has 6 heteroatoms. The molecule has 0 aliphatic carbocycles. The number of anilines is 1. The fourth-order valence-electron chi connectivity index (χ4n) is 2.59. The van der Waals surface area contributed by atoms with Gasteiger partial charge in [0.2, 0.25) is 0 Å². The molecule has 0 spiro atoms. The number of ether oxygens (including phenoxy) is 1. The zero-order valence-electron chi connectivity index (χ0n) is 15.8. The Kier molecular flexibility index (Phi) is 9.62. The summed E-state index contributed by atoms with van der Waals surface area (Å²) in [4.78, 5) is 26.5. The molecule has 6 nitrogen and oxygen atoms in total. The minimum Gasteiger partial charge on any atom is -0.462 e. The van der Waals surface area contributed by atoms with Crippen molar-refractivity contribution >= 4 is 17.7 Å². The lowest BCUT2D eigenvalue weighted by atomic mass is 10.1. The molecule has 1 atom stereocenters. The van der Waals surface area contributed by atoms with Gasteiger partial charge in [0.25, 0.3) is 0 Å². The van der Waals surface area contributed by atoms with E-state index in [-0.39, 0.29) is 12.1 Å². The Morgan fingerprint density at radius 3 is 2.48 bits per heavy atom. The van der Waals surface area contributed by atoms with Crippen molar-refractivity contribution in [2.75, 3.05) is 31.6 Å². The predicted octanol–water partition coefficient (Wildman–Crippen LogP) is 3.50. The number of nitrogens with one attached hydrogen (secondary N) is 2. The van der Waals surface area contributed by atoms with Crippen LogP contribution in [0.15, 0.2) is 24.3 Å². The number of carbonyl (C=O) groups is 2. The van der Waals surface area contributed by atoms with Gasteiger partial charge in [0.05, 0.1) is 17.9 Å². The first-order chi connectivity index (χ1) is 12.0. The Balaban J connectivity index is 2.50. The molecule has 1 rings (SSSR count). The summed E-state index contributed by atoms with van der Waals surface area (Å²) in [5.74, 6) is -0.439. The SMILES string of the molecule is CCOC(=O)c1ccccc1NC(=O)NC(C)CCCN(CC)CC. The quantitative estimate of drug-likeness (QED) is 0.634. The number of esters is 1. The average molecular weight is 349 g/mol. The molecule has 0 saturated heterocycles. The van der Waals surface area contributed by atoms with E-state index in [1.807, 2.05) is 6.92 Å². The summed E-state index contributed by atoms with van der Waals surface area (Å²) in [7, 11) is 0. The number of carbonyl (C=O) groups excluding carboxylic acids is 2. The summed E-state index contributed by atoms with van der Waals surface area (Å²) in [6.07, 6.45) is 1.94. The highest BCUT2D eigenvalue weighted by atomic mass is 16.5. The van der Waals surface area contributed by atoms with E-state index in [2.05, 4.69) is 29.4 Å². The maximum Gasteiger partial charge on any atom is 0.340 e. The van der Waals surface area contributed by atoms with Crippen LogP contribution in [0.2, 0.25) is 0 Å². The van der Waals surface area contributed by atoms with E-state index >= 15 is 0 Å². The number of nitrogens with zero attached hydrogens (tertiary/aromatic N) is 1. The van der Waals surface area contributed by atoms with Crippen LogP contribution in [-0.4, -0.2) is 49.2 Å². The molecular weight excluding hydrogens is 318 g/mol. The van der Waals surface area contributed by atoms with Gasteiger partial charge in [-0.1, -0.05) is 26.0 Å². The van der Waals surface area contributed by atoms with Crippen molar-refractivity contribution in [3.63, 3.8) is 0 Å². The first kappa shape index (κ1) is 21.0. The molecule has 0 fully saturated rings. The van der Waals surface area contributed by atoms with Gasteiger partial charge in [-0.2, -0.15) is 0 Å². The van der Waals surface area contributed by atoms with E-state index in [0.717, 1.165) is 32.5 Å². The van der Waals surface area contributed by atoms with Crippen LogP contribution in [0, 0.1) is 0 Å². The van der Waals surface area contributed by atoms with Crippen LogP contribution in [0.1, 0.15) is 50.9 Å². The van der Waals surface area contributed by atoms with E-state index in [4.69, 9.17) is 4.74 Å². The summed E-state index contributed by atoms with van der Waals surface area (Å²) >= 11 is 0. The molecule has 25 heavy (non-hydrogen) atoms. The monoisotopic (exact) mass is 349 g/mol. The largest absolute Gasteiger partial charge is 0.462 e. The fraction of sp³-hybridized carbons (Fsp3) is 0.579. The second-order valence-corrected chi connectivity index (χ2v) is 5.93. The van der Waals surface area contributed by atoms with Crippen molar-refractivity contribution in [1.29, 1.82) is 0 Å². The van der Waals surface area contributed by atoms with Crippen LogP contribution in [0.5, 0.6) is 0 Å². The van der Waals surface area contributed by atoms with Crippen LogP contribution in [0.4, 0.5) is 10.5 Å². The third kappa shape index (κ3) is 7.56. The van der Waals surface area contributed by atoms with Crippen LogP contribution >= 0.6 is 0 Å². The summed E-state index contributed by atoms with van der Waals surface area (Å²) in [6.45, 7) is 11.5. The predicted molar refractivity (Wildman–Crippen MR) is 101 cm³/mol. The van der Waals surface area contributed by atoms with Crippen molar-refractivity contribution in [2.45, 2.75) is 46.6 Å². The first-order valence-corrected chi connectivity index (χ1v) is 9.07. The molecule has 1 unspecified atom stereocenters. The molecule has 0 radical (unpaired) electrons. The smallest absolute Gasteiger partial charge is 0.340 e. The Morgan fingerprint density at radius 2 is 1.84 bits per heavy atom. The van der Waals surface area contributed by atoms with Gasteiger partial charge >= 0.3 is 12.0 Å². The zero-order valence-corrected chi connectivity index (χ0v) is 15.8. The van der Waals surface area contributed by atoms with E-state index < -0.39 is 5.97 Å². The number of amides is 2. The topological polar surface area (TPSA) is 70.7 Å². The number of benzene rings is 1. The molecule has 0 heterocycles. The minimum atomic E-state index is -0.439. The number of hydrogen-bond donors (Lipinski definition) is 2. The van der Waals surface area contributed by atoms with Crippen molar-refractivity contribution in [3.8, 4) is 0 Å². The van der Waals surface area contributed by atoms with E-state index in [9.17, 15) is 9.59 Å². The second kappa shape index (κ2) is 11.5. The summed E-state index contributed by atoms with van der Waals surface area (Å²) in [5.41, 5.74) is 0.808. The van der Waals surface area contributed by atoms with Crippen LogP contribution < -0.4 is 10.6 Å². The normalized spacial score (nSPS) is 11.9. The lowest BCUT2D eigenvalue weighted by molar-refractivity contribution is 0.0527. The molecule has 0 aromatic heterocycles. The molecule has 2 amide bonds. The molecule has 0 saturated carbocycles. The molecule has 0 bridgehead atoms. The van der Waals surface area contributed by atoms with E-state index in [1.54, 1.807) is 31.2 Å². The van der Waals surface area contributed by atoms with Gasteiger partial charge in [-0.25, -0.2) is 9.59 Å². The van der Waals surface area contributed by atoms with Gasteiger partial charge in [-0.05, 0) is 58.5 Å². The number of para-hydroxylation sites is 1. The van der Waals surface area contributed by atoms with Gasteiger partial charge in [-0.3, -0.25) is 0 Å². The van der Waals surface area contributed by atoms with Gasteiger partial charge < -0.3 is 20.3 Å². The van der Waals surface area contributed by atoms with Crippen LogP contribution in [0.3, 0.4) is 0 Å². The number of urea groups is 1. The number of rotatable bonds is 10. The number of hydrogen-bond acceptors (Lipinski definition) is 4. The highest BCUT2D eigenvalue weighted by Crippen LogP contribution is 2.16. The summed E-state index contributed by atoms with van der Waals surface area (Å²) < 4.78 is 5.01. The average Bonchev–Trinajstić information content (AvgIpc) is 2.59. The third-order valence-electron chi connectivity index (χ3n) is 4.05. The zero-order chi connectivity index (χ0) is 18.7. The molecule has 140 valence electrons. The maximum absolute atomic E-state index is 12.2. The minimum absolute atomic E-state index is 0.0605. The first-order valence-electron chi connectivity index (χ1n) is 9.07. The maximum atomic E-state index is 12.2. The highest BCUT2D eigenvalue weighted by Gasteiger charge is 2.15. The lowest BCUT2D eigenvalue weighted by Gasteiger charge is -2.20. The van der Waals surface area contributed by atoms with Gasteiger partial charge in [0.15, 0.2) is 0 Å². The Labute approximate surface area is 150 Å². The van der Waals surface area contributed by atoms with Crippen molar-refractivity contribution in [2.24, 2.45) is 0 Å². The second-order valence-electron chi connectivity index (χ2n) is 5.93. The van der Waals surface area contributed by atoms with Crippen molar-refractivity contribution in [3.05, 3.63) is 29.8 Å². The summed E-state index contributed by atoms with van der Waals surface area (Å²) in [6, 6.07) is 6.59. The fourth-order valence-corrected chi connectivity index (χ4v) is 2.59. The Morgan fingerprint density at radius 1 is 1.16 bits per heavy atom. The molecule has 1 aromatic rings. The molecule has 2 N–H and O–H groups in total. The third-order valence-corrected chi connectivity index (χ3v) is 4.05. The summed E-state index contributed by atoms with van der Waals surface area (Å²) in [5, 5.41) is 5.66.